The number of thiophene rings is 1. The molecule has 0 bridgehead atoms. The fourth-order valence-electron chi connectivity index (χ4n) is 9.71. The molecule has 0 aliphatic carbocycles. The van der Waals surface area contributed by atoms with Gasteiger partial charge in [0.15, 0.2) is 0 Å². The summed E-state index contributed by atoms with van der Waals surface area (Å²) in [4.78, 5) is 5.09. The zero-order chi connectivity index (χ0) is 47.1. The molecule has 0 radical (unpaired) electrons. The van der Waals surface area contributed by atoms with Gasteiger partial charge in [-0.2, -0.15) is 58.7 Å². The molecule has 0 saturated heterocycles. The second-order valence-electron chi connectivity index (χ2n) is 17.5. The second-order valence-corrected chi connectivity index (χ2v) is 18.6. The van der Waals surface area contributed by atoms with E-state index in [1.165, 1.54) is 25.7 Å². The second kappa shape index (κ2) is 19.3. The van der Waals surface area contributed by atoms with Crippen molar-refractivity contribution in [2.24, 2.45) is 0 Å². The maximum Gasteiger partial charge on any atom is 3.00 e. The minimum atomic E-state index is 0. The standard InChI is InChI=1S/C65H40N5S.Ir/c1-3-18-53(19-4-1)69-42-51(40-67-69)59-26-11-9-24-57(59)49-35-48(36-50(37-49)58-25-10-12-27-60(58)52-41-68-70(43-52)54-20-5-2-6-21-54)56-23-8-7-22-55(56)47-31-33-63(66-39-47)46-17-15-16-44(34-46)45-30-32-62-61-28-13-14-29-64(61)71-65(62)38-45;/h1-16,18,20,22-43H;/q-3;+3. The molecule has 0 amide bonds. The van der Waals surface area contributed by atoms with Crippen LogP contribution in [0.3, 0.4) is 0 Å². The summed E-state index contributed by atoms with van der Waals surface area (Å²) in [6.45, 7) is 0. The Hall–Kier alpha value is -8.58. The van der Waals surface area contributed by atoms with Crippen LogP contribution in [0, 0.1) is 18.2 Å². The molecule has 0 saturated carbocycles. The maximum atomic E-state index is 5.09. The van der Waals surface area contributed by atoms with Crippen molar-refractivity contribution in [2.45, 2.75) is 0 Å². The fraction of sp³-hybridized carbons (Fsp3) is 0. The van der Waals surface area contributed by atoms with Crippen LogP contribution in [0.15, 0.2) is 243 Å². The Bertz CT molecular complexity index is 3920. The minimum absolute atomic E-state index is 0. The maximum absolute atomic E-state index is 5.09. The van der Waals surface area contributed by atoms with Crippen LogP contribution in [0.2, 0.25) is 0 Å². The molecular weight excluding hydrogens is 1080 g/mol. The van der Waals surface area contributed by atoms with E-state index in [0.717, 1.165) is 95.0 Å². The summed E-state index contributed by atoms with van der Waals surface area (Å²) in [5.41, 5.74) is 18.8. The van der Waals surface area contributed by atoms with Crippen LogP contribution in [0.5, 0.6) is 0 Å². The van der Waals surface area contributed by atoms with Gasteiger partial charge in [0.1, 0.15) is 0 Å². The summed E-state index contributed by atoms with van der Waals surface area (Å²) in [6, 6.07) is 84.7. The van der Waals surface area contributed by atoms with Gasteiger partial charge in [0, 0.05) is 49.9 Å². The van der Waals surface area contributed by atoms with E-state index in [-0.39, 0.29) is 20.1 Å². The van der Waals surface area contributed by atoms with E-state index in [2.05, 4.69) is 188 Å². The molecule has 0 spiro atoms. The predicted octanol–water partition coefficient (Wildman–Crippen LogP) is 16.6. The molecule has 5 nitrogen and oxygen atoms in total. The number of rotatable bonds is 10. The predicted molar refractivity (Wildman–Crippen MR) is 291 cm³/mol. The van der Waals surface area contributed by atoms with E-state index in [0.29, 0.717) is 0 Å². The van der Waals surface area contributed by atoms with Gasteiger partial charge < -0.3 is 4.98 Å². The summed E-state index contributed by atoms with van der Waals surface area (Å²) in [5.74, 6) is 0. The van der Waals surface area contributed by atoms with E-state index in [1.54, 1.807) is 0 Å². The van der Waals surface area contributed by atoms with Crippen LogP contribution in [-0.4, -0.2) is 24.5 Å². The first-order valence-corrected chi connectivity index (χ1v) is 24.4. The molecule has 340 valence electrons. The molecule has 72 heavy (non-hydrogen) atoms. The first-order chi connectivity index (χ1) is 35.2. The molecule has 0 N–H and O–H groups in total. The van der Waals surface area contributed by atoms with Crippen molar-refractivity contribution < 1.29 is 20.1 Å². The third kappa shape index (κ3) is 8.50. The topological polar surface area (TPSA) is 48.5 Å². The molecule has 0 aliphatic rings. The number of benzene rings is 9. The van der Waals surface area contributed by atoms with Gasteiger partial charge in [-0.05, 0) is 109 Å². The molecule has 13 rings (SSSR count). The van der Waals surface area contributed by atoms with Gasteiger partial charge in [0.05, 0.1) is 12.4 Å². The third-order valence-electron chi connectivity index (χ3n) is 13.2. The van der Waals surface area contributed by atoms with Gasteiger partial charge in [0.2, 0.25) is 0 Å². The van der Waals surface area contributed by atoms with E-state index in [4.69, 9.17) is 15.2 Å². The van der Waals surface area contributed by atoms with Gasteiger partial charge in [-0.25, -0.2) is 0 Å². The van der Waals surface area contributed by atoms with Crippen molar-refractivity contribution in [2.75, 3.05) is 0 Å². The van der Waals surface area contributed by atoms with Crippen molar-refractivity contribution in [1.82, 2.24) is 24.5 Å². The van der Waals surface area contributed by atoms with Crippen LogP contribution >= 0.6 is 11.3 Å². The summed E-state index contributed by atoms with van der Waals surface area (Å²) >= 11 is 1.84. The fourth-order valence-corrected chi connectivity index (χ4v) is 10.9. The Morgan fingerprint density at radius 1 is 0.347 bits per heavy atom. The SMILES string of the molecule is [Ir+3].[c-]1ccc(-c2ccc3c(c2)sc2ccccc23)cc1-c1ccc(-c2ccccc2-c2cc(-c3ccccc3-c3cnn(-c4[c-]cccc4)c3)cc(-c3ccccc3-c3cnn(-c4[c-]cccc4)c3)c2)cn1. The number of nitrogens with zero attached hydrogens (tertiary/aromatic N) is 5. The van der Waals surface area contributed by atoms with E-state index >= 15 is 0 Å². The Morgan fingerprint density at radius 2 is 0.833 bits per heavy atom. The summed E-state index contributed by atoms with van der Waals surface area (Å²) < 4.78 is 6.36. The average molecular weight is 1120 g/mol. The molecule has 0 fully saturated rings. The van der Waals surface area contributed by atoms with E-state index in [9.17, 15) is 0 Å². The quantitative estimate of drug-likeness (QED) is 0.128. The molecule has 4 heterocycles. The zero-order valence-electron chi connectivity index (χ0n) is 38.6. The van der Waals surface area contributed by atoms with E-state index < -0.39 is 0 Å². The number of pyridine rings is 1. The average Bonchev–Trinajstić information content (AvgIpc) is 4.24. The molecule has 0 atom stereocenters. The number of aromatic nitrogens is 5. The van der Waals surface area contributed by atoms with Crippen LogP contribution in [0.4, 0.5) is 0 Å². The molecule has 0 aliphatic heterocycles. The normalized spacial score (nSPS) is 11.2. The summed E-state index contributed by atoms with van der Waals surface area (Å²) in [7, 11) is 0. The van der Waals surface area contributed by atoms with Crippen molar-refractivity contribution in [3.8, 4) is 101 Å². The first kappa shape index (κ1) is 44.6. The number of hydrogen-bond acceptors (Lipinski definition) is 4. The smallest absolute Gasteiger partial charge is 0.304 e. The van der Waals surface area contributed by atoms with Crippen LogP contribution < -0.4 is 0 Å². The summed E-state index contributed by atoms with van der Waals surface area (Å²) in [5, 5.41) is 12.1. The number of para-hydroxylation sites is 2. The van der Waals surface area contributed by atoms with Gasteiger partial charge >= 0.3 is 20.1 Å². The van der Waals surface area contributed by atoms with E-state index in [1.807, 2.05) is 93.9 Å². The van der Waals surface area contributed by atoms with Gasteiger partial charge in [0.25, 0.3) is 0 Å². The van der Waals surface area contributed by atoms with Crippen molar-refractivity contribution in [3.05, 3.63) is 262 Å². The van der Waals surface area contributed by atoms with Crippen LogP contribution in [-0.2, 0) is 20.1 Å². The largest absolute Gasteiger partial charge is 3.00 e. The molecule has 7 heteroatoms. The molecule has 0 unspecified atom stereocenters. The summed E-state index contributed by atoms with van der Waals surface area (Å²) in [6.07, 6.45) is 10.0. The minimum Gasteiger partial charge on any atom is -0.304 e. The van der Waals surface area contributed by atoms with Crippen molar-refractivity contribution >= 4 is 31.5 Å². The van der Waals surface area contributed by atoms with Crippen molar-refractivity contribution in [3.63, 3.8) is 0 Å². The molecule has 9 aromatic carbocycles. The Labute approximate surface area is 435 Å². The van der Waals surface area contributed by atoms with Crippen LogP contribution in [0.1, 0.15) is 0 Å². The van der Waals surface area contributed by atoms with Gasteiger partial charge in [-0.15, -0.1) is 58.9 Å². The van der Waals surface area contributed by atoms with Crippen molar-refractivity contribution in [1.29, 1.82) is 0 Å². The van der Waals surface area contributed by atoms with Gasteiger partial charge in [-0.1, -0.05) is 115 Å². The third-order valence-corrected chi connectivity index (χ3v) is 14.3. The number of hydrogen-bond donors (Lipinski definition) is 0. The number of fused-ring (bicyclic) bond motifs is 3. The first-order valence-electron chi connectivity index (χ1n) is 23.5. The molecule has 13 aromatic rings. The Morgan fingerprint density at radius 3 is 1.38 bits per heavy atom. The van der Waals surface area contributed by atoms with Crippen LogP contribution in [0.25, 0.3) is 121 Å². The van der Waals surface area contributed by atoms with Gasteiger partial charge in [-0.3, -0.25) is 9.36 Å². The monoisotopic (exact) mass is 1120 g/mol. The Balaban J connectivity index is 0.00000530. The molecular formula is C65H40IrN5S. The Kier molecular flexibility index (Phi) is 12.0. The zero-order valence-corrected chi connectivity index (χ0v) is 41.8. The molecule has 4 aromatic heterocycles.